The van der Waals surface area contributed by atoms with E-state index in [9.17, 15) is 0 Å². The molecule has 0 amide bonds. The Morgan fingerprint density at radius 2 is 2.19 bits per heavy atom. The highest BCUT2D eigenvalue weighted by molar-refractivity contribution is 5.88. The molecule has 3 rings (SSSR count). The van der Waals surface area contributed by atoms with Crippen molar-refractivity contribution in [1.82, 2.24) is 9.88 Å². The molecular weight excluding hydrogens is 196 g/mol. The maximum atomic E-state index is 4.53. The van der Waals surface area contributed by atoms with Crippen molar-refractivity contribution in [3.8, 4) is 0 Å². The minimum absolute atomic E-state index is 1.00. The van der Waals surface area contributed by atoms with Crippen molar-refractivity contribution in [2.45, 2.75) is 26.4 Å². The normalized spacial score (nSPS) is 15.6. The lowest BCUT2D eigenvalue weighted by Gasteiger charge is -2.27. The summed E-state index contributed by atoms with van der Waals surface area (Å²) in [6, 6.07) is 8.67. The molecule has 0 saturated carbocycles. The highest BCUT2D eigenvalue weighted by Crippen LogP contribution is 2.28. The van der Waals surface area contributed by atoms with E-state index in [4.69, 9.17) is 0 Å². The van der Waals surface area contributed by atoms with Crippen molar-refractivity contribution in [2.24, 2.45) is 0 Å². The van der Waals surface area contributed by atoms with E-state index in [-0.39, 0.29) is 0 Å². The predicted molar refractivity (Wildman–Crippen MR) is 66.1 cm³/mol. The van der Waals surface area contributed by atoms with Crippen LogP contribution in [0.15, 0.2) is 30.5 Å². The largest absolute Gasteiger partial charge is 0.293 e. The molecule has 0 radical (unpaired) electrons. The van der Waals surface area contributed by atoms with E-state index in [1.54, 1.807) is 0 Å². The first-order valence-corrected chi connectivity index (χ1v) is 5.96. The molecule has 0 spiro atoms. The minimum atomic E-state index is 1.00. The highest BCUT2D eigenvalue weighted by Gasteiger charge is 2.18. The maximum Gasteiger partial charge on any atom is 0.0625 e. The van der Waals surface area contributed by atoms with Crippen LogP contribution in [-0.4, -0.2) is 16.4 Å². The van der Waals surface area contributed by atoms with E-state index in [0.717, 1.165) is 19.6 Å². The standard InChI is InChI=1S/C14H16N2/c1-2-8-16-9-12-5-3-4-11-6-7-15-13(10-16)14(11)12/h3-7H,2,8-10H2,1H3. The van der Waals surface area contributed by atoms with E-state index in [0.29, 0.717) is 0 Å². The minimum Gasteiger partial charge on any atom is -0.293 e. The summed E-state index contributed by atoms with van der Waals surface area (Å²) in [5.74, 6) is 0. The quantitative estimate of drug-likeness (QED) is 0.760. The van der Waals surface area contributed by atoms with Crippen molar-refractivity contribution in [2.75, 3.05) is 6.54 Å². The van der Waals surface area contributed by atoms with Crippen molar-refractivity contribution in [3.05, 3.63) is 41.7 Å². The molecule has 0 bridgehead atoms. The molecule has 2 aromatic rings. The van der Waals surface area contributed by atoms with Gasteiger partial charge in [-0.15, -0.1) is 0 Å². The molecule has 0 unspecified atom stereocenters. The fourth-order valence-corrected chi connectivity index (χ4v) is 2.62. The lowest BCUT2D eigenvalue weighted by atomic mass is 9.99. The molecule has 2 heteroatoms. The summed E-state index contributed by atoms with van der Waals surface area (Å²) in [4.78, 5) is 7.00. The third-order valence-corrected chi connectivity index (χ3v) is 3.26. The zero-order valence-corrected chi connectivity index (χ0v) is 9.61. The molecule has 1 aliphatic heterocycles. The molecule has 2 heterocycles. The van der Waals surface area contributed by atoms with Gasteiger partial charge in [-0.25, -0.2) is 0 Å². The van der Waals surface area contributed by atoms with E-state index in [1.165, 1.54) is 28.5 Å². The lowest BCUT2D eigenvalue weighted by Crippen LogP contribution is -2.27. The summed E-state index contributed by atoms with van der Waals surface area (Å²) in [7, 11) is 0. The molecule has 0 saturated heterocycles. The molecule has 0 atom stereocenters. The maximum absolute atomic E-state index is 4.53. The van der Waals surface area contributed by atoms with Gasteiger partial charge in [-0.3, -0.25) is 9.88 Å². The fourth-order valence-electron chi connectivity index (χ4n) is 2.62. The highest BCUT2D eigenvalue weighted by atomic mass is 15.1. The van der Waals surface area contributed by atoms with Gasteiger partial charge < -0.3 is 0 Å². The van der Waals surface area contributed by atoms with Crippen LogP contribution in [0, 0.1) is 0 Å². The molecule has 2 nitrogen and oxygen atoms in total. The molecule has 1 aromatic heterocycles. The second-order valence-electron chi connectivity index (χ2n) is 4.48. The molecule has 0 aliphatic carbocycles. The average molecular weight is 212 g/mol. The Balaban J connectivity index is 2.12. The summed E-state index contributed by atoms with van der Waals surface area (Å²) >= 11 is 0. The van der Waals surface area contributed by atoms with Crippen molar-refractivity contribution in [1.29, 1.82) is 0 Å². The smallest absolute Gasteiger partial charge is 0.0625 e. The van der Waals surface area contributed by atoms with Crippen LogP contribution in [-0.2, 0) is 13.1 Å². The molecule has 1 aromatic carbocycles. The molecule has 0 fully saturated rings. The van der Waals surface area contributed by atoms with Crippen LogP contribution < -0.4 is 0 Å². The van der Waals surface area contributed by atoms with Gasteiger partial charge >= 0.3 is 0 Å². The molecule has 16 heavy (non-hydrogen) atoms. The van der Waals surface area contributed by atoms with Crippen molar-refractivity contribution < 1.29 is 0 Å². The molecular formula is C14H16N2. The van der Waals surface area contributed by atoms with Gasteiger partial charge in [0.05, 0.1) is 5.69 Å². The van der Waals surface area contributed by atoms with Gasteiger partial charge in [-0.1, -0.05) is 25.1 Å². The Morgan fingerprint density at radius 3 is 3.06 bits per heavy atom. The Morgan fingerprint density at radius 1 is 1.25 bits per heavy atom. The fraction of sp³-hybridized carbons (Fsp3) is 0.357. The van der Waals surface area contributed by atoms with Gasteiger partial charge in [-0.2, -0.15) is 0 Å². The van der Waals surface area contributed by atoms with Crippen molar-refractivity contribution >= 4 is 10.8 Å². The second-order valence-corrected chi connectivity index (χ2v) is 4.48. The Labute approximate surface area is 95.9 Å². The Bertz CT molecular complexity index is 478. The third-order valence-electron chi connectivity index (χ3n) is 3.26. The Kier molecular flexibility index (Phi) is 2.37. The second kappa shape index (κ2) is 3.87. The summed E-state index contributed by atoms with van der Waals surface area (Å²) in [5, 5.41) is 2.72. The molecule has 1 aliphatic rings. The van der Waals surface area contributed by atoms with Crippen LogP contribution in [0.3, 0.4) is 0 Å². The zero-order chi connectivity index (χ0) is 11.0. The summed E-state index contributed by atoms with van der Waals surface area (Å²) in [5.41, 5.74) is 2.67. The van der Waals surface area contributed by atoms with Crippen LogP contribution in [0.5, 0.6) is 0 Å². The van der Waals surface area contributed by atoms with E-state index >= 15 is 0 Å². The summed E-state index contributed by atoms with van der Waals surface area (Å²) in [6.45, 7) is 5.47. The lowest BCUT2D eigenvalue weighted by molar-refractivity contribution is 0.250. The number of benzene rings is 1. The monoisotopic (exact) mass is 212 g/mol. The van der Waals surface area contributed by atoms with E-state index < -0.39 is 0 Å². The van der Waals surface area contributed by atoms with Crippen molar-refractivity contribution in [3.63, 3.8) is 0 Å². The predicted octanol–water partition coefficient (Wildman–Crippen LogP) is 2.96. The topological polar surface area (TPSA) is 16.1 Å². The number of hydrogen-bond donors (Lipinski definition) is 0. The molecule has 82 valence electrons. The number of aromatic nitrogens is 1. The number of rotatable bonds is 2. The summed E-state index contributed by atoms with van der Waals surface area (Å²) < 4.78 is 0. The summed E-state index contributed by atoms with van der Waals surface area (Å²) in [6.07, 6.45) is 3.13. The van der Waals surface area contributed by atoms with E-state index in [1.807, 2.05) is 6.20 Å². The van der Waals surface area contributed by atoms with Crippen LogP contribution in [0.2, 0.25) is 0 Å². The number of hydrogen-bond acceptors (Lipinski definition) is 2. The van der Waals surface area contributed by atoms with Gasteiger partial charge in [0, 0.05) is 24.7 Å². The average Bonchev–Trinajstić information content (AvgIpc) is 2.30. The first kappa shape index (κ1) is 9.79. The van der Waals surface area contributed by atoms with Crippen LogP contribution in [0.1, 0.15) is 24.6 Å². The zero-order valence-electron chi connectivity index (χ0n) is 9.61. The first-order chi connectivity index (χ1) is 7.88. The molecule has 0 N–H and O–H groups in total. The number of nitrogens with zero attached hydrogens (tertiary/aromatic N) is 2. The van der Waals surface area contributed by atoms with Crippen LogP contribution >= 0.6 is 0 Å². The van der Waals surface area contributed by atoms with Gasteiger partial charge in [0.25, 0.3) is 0 Å². The first-order valence-electron chi connectivity index (χ1n) is 5.96. The van der Waals surface area contributed by atoms with E-state index in [2.05, 4.69) is 41.1 Å². The Hall–Kier alpha value is -1.41. The van der Waals surface area contributed by atoms with Gasteiger partial charge in [0.2, 0.25) is 0 Å². The van der Waals surface area contributed by atoms with Gasteiger partial charge in [0.1, 0.15) is 0 Å². The van der Waals surface area contributed by atoms with Crippen LogP contribution in [0.4, 0.5) is 0 Å². The van der Waals surface area contributed by atoms with Gasteiger partial charge in [-0.05, 0) is 30.0 Å². The third kappa shape index (κ3) is 1.50. The van der Waals surface area contributed by atoms with Crippen LogP contribution in [0.25, 0.3) is 10.8 Å². The van der Waals surface area contributed by atoms with Gasteiger partial charge in [0.15, 0.2) is 0 Å². The number of pyridine rings is 1. The SMILES string of the molecule is CCCN1Cc2cccc3ccnc(c23)C1.